The van der Waals surface area contributed by atoms with Gasteiger partial charge in [-0.05, 0) is 11.1 Å². The fourth-order valence-electron chi connectivity index (χ4n) is 2.02. The number of rotatable bonds is 4. The molecule has 98 valence electrons. The molecule has 0 bridgehead atoms. The van der Waals surface area contributed by atoms with Crippen LogP contribution >= 0.6 is 11.8 Å². The van der Waals surface area contributed by atoms with E-state index in [1.54, 1.807) is 0 Å². The molecular weight excluding hydrogens is 246 g/mol. The maximum atomic E-state index is 11.1. The average molecular weight is 265 g/mol. The molecule has 5 heteroatoms. The molecule has 1 aromatic rings. The predicted octanol–water partition coefficient (Wildman–Crippen LogP) is 0.768. The third-order valence-corrected chi connectivity index (χ3v) is 4.00. The summed E-state index contributed by atoms with van der Waals surface area (Å²) in [5, 5.41) is 0. The smallest absolute Gasteiger partial charge is 0.238 e. The van der Waals surface area contributed by atoms with Gasteiger partial charge < -0.3 is 0 Å². The Balaban J connectivity index is 1.88. The van der Waals surface area contributed by atoms with Crippen molar-refractivity contribution in [2.75, 3.05) is 24.6 Å². The molecule has 2 rings (SSSR count). The predicted molar refractivity (Wildman–Crippen MR) is 75.1 cm³/mol. The molecule has 0 saturated carbocycles. The van der Waals surface area contributed by atoms with Crippen molar-refractivity contribution in [2.24, 2.45) is 5.84 Å². The van der Waals surface area contributed by atoms with Crippen LogP contribution in [-0.4, -0.2) is 35.4 Å². The van der Waals surface area contributed by atoms with Crippen molar-refractivity contribution in [1.82, 2.24) is 10.3 Å². The number of thioether (sulfide) groups is 1. The number of hydrazine groups is 1. The minimum Gasteiger partial charge on any atom is -0.297 e. The molecule has 1 heterocycles. The third kappa shape index (κ3) is 4.01. The number of carbonyl (C=O) groups is 1. The largest absolute Gasteiger partial charge is 0.297 e. The van der Waals surface area contributed by atoms with Gasteiger partial charge in [-0.1, -0.05) is 24.3 Å². The highest BCUT2D eigenvalue weighted by Crippen LogP contribution is 2.13. The van der Waals surface area contributed by atoms with Crippen LogP contribution < -0.4 is 11.3 Å². The summed E-state index contributed by atoms with van der Waals surface area (Å²) in [6.45, 7) is 3.34. The van der Waals surface area contributed by atoms with Gasteiger partial charge in [0.25, 0.3) is 0 Å². The minimum absolute atomic E-state index is 0.157. The van der Waals surface area contributed by atoms with Gasteiger partial charge in [0.2, 0.25) is 5.91 Å². The lowest BCUT2D eigenvalue weighted by molar-refractivity contribution is -0.120. The second kappa shape index (κ2) is 6.78. The lowest BCUT2D eigenvalue weighted by atomic mass is 10.1. The number of hydrogen-bond acceptors (Lipinski definition) is 4. The van der Waals surface area contributed by atoms with Crippen LogP contribution in [0.1, 0.15) is 11.1 Å². The second-order valence-corrected chi connectivity index (χ2v) is 5.67. The normalized spacial score (nSPS) is 16.5. The number of benzene rings is 1. The average Bonchev–Trinajstić information content (AvgIpc) is 2.42. The Labute approximate surface area is 112 Å². The summed E-state index contributed by atoms with van der Waals surface area (Å²) in [5.74, 6) is 7.37. The molecule has 1 aliphatic rings. The fraction of sp³-hybridized carbons (Fsp3) is 0.462. The van der Waals surface area contributed by atoms with E-state index < -0.39 is 0 Å². The first-order chi connectivity index (χ1) is 8.78. The molecule has 0 aliphatic carbocycles. The zero-order valence-corrected chi connectivity index (χ0v) is 11.2. The van der Waals surface area contributed by atoms with Crippen LogP contribution in [0.3, 0.4) is 0 Å². The highest BCUT2D eigenvalue weighted by molar-refractivity contribution is 7.99. The molecular formula is C13H19N3OS. The van der Waals surface area contributed by atoms with Crippen LogP contribution in [0.5, 0.6) is 0 Å². The fourth-order valence-corrected chi connectivity index (χ4v) is 3.00. The van der Waals surface area contributed by atoms with Gasteiger partial charge in [-0.3, -0.25) is 15.1 Å². The molecule has 0 unspecified atom stereocenters. The summed E-state index contributed by atoms with van der Waals surface area (Å²) in [7, 11) is 0. The standard InChI is InChI=1S/C13H19N3OS/c14-15-13(17)9-11-1-3-12(4-2-11)10-16-5-7-18-8-6-16/h1-4H,5-10,14H2,(H,15,17). The van der Waals surface area contributed by atoms with E-state index in [-0.39, 0.29) is 5.91 Å². The SMILES string of the molecule is NNC(=O)Cc1ccc(CN2CCSCC2)cc1. The van der Waals surface area contributed by atoms with E-state index in [1.807, 2.05) is 23.9 Å². The maximum absolute atomic E-state index is 11.1. The Morgan fingerprint density at radius 1 is 1.22 bits per heavy atom. The van der Waals surface area contributed by atoms with E-state index in [4.69, 9.17) is 5.84 Å². The van der Waals surface area contributed by atoms with Gasteiger partial charge in [0.1, 0.15) is 0 Å². The number of amides is 1. The Morgan fingerprint density at radius 2 is 1.83 bits per heavy atom. The topological polar surface area (TPSA) is 58.4 Å². The second-order valence-electron chi connectivity index (χ2n) is 4.45. The summed E-state index contributed by atoms with van der Waals surface area (Å²) in [6, 6.07) is 8.20. The van der Waals surface area contributed by atoms with Gasteiger partial charge >= 0.3 is 0 Å². The van der Waals surface area contributed by atoms with Crippen LogP contribution in [0.25, 0.3) is 0 Å². The molecule has 0 aromatic heterocycles. The maximum Gasteiger partial charge on any atom is 0.238 e. The highest BCUT2D eigenvalue weighted by Gasteiger charge is 2.10. The number of nitrogens with one attached hydrogen (secondary N) is 1. The van der Waals surface area contributed by atoms with E-state index in [2.05, 4.69) is 22.5 Å². The summed E-state index contributed by atoms with van der Waals surface area (Å²) in [6.07, 6.45) is 0.344. The summed E-state index contributed by atoms with van der Waals surface area (Å²) < 4.78 is 0. The van der Waals surface area contributed by atoms with Crippen LogP contribution in [0.4, 0.5) is 0 Å². The van der Waals surface area contributed by atoms with Crippen molar-refractivity contribution in [3.63, 3.8) is 0 Å². The van der Waals surface area contributed by atoms with Crippen molar-refractivity contribution < 1.29 is 4.79 Å². The molecule has 0 radical (unpaired) electrons. The first kappa shape index (κ1) is 13.4. The van der Waals surface area contributed by atoms with E-state index in [9.17, 15) is 4.79 Å². The van der Waals surface area contributed by atoms with Gasteiger partial charge in [0, 0.05) is 31.1 Å². The molecule has 1 aromatic carbocycles. The zero-order valence-electron chi connectivity index (χ0n) is 10.4. The highest BCUT2D eigenvalue weighted by atomic mass is 32.2. The van der Waals surface area contributed by atoms with E-state index >= 15 is 0 Å². The van der Waals surface area contributed by atoms with Crippen molar-refractivity contribution in [3.05, 3.63) is 35.4 Å². The molecule has 1 saturated heterocycles. The number of carbonyl (C=O) groups excluding carboxylic acids is 1. The Bertz CT molecular complexity index is 388. The Kier molecular flexibility index (Phi) is 5.04. The van der Waals surface area contributed by atoms with Crippen molar-refractivity contribution in [1.29, 1.82) is 0 Å². The van der Waals surface area contributed by atoms with Crippen LogP contribution in [0, 0.1) is 0 Å². The molecule has 3 N–H and O–H groups in total. The minimum atomic E-state index is -0.157. The summed E-state index contributed by atoms with van der Waals surface area (Å²) >= 11 is 2.02. The molecule has 4 nitrogen and oxygen atoms in total. The van der Waals surface area contributed by atoms with Crippen LogP contribution in [-0.2, 0) is 17.8 Å². The van der Waals surface area contributed by atoms with Crippen molar-refractivity contribution in [3.8, 4) is 0 Å². The number of nitrogens with zero attached hydrogens (tertiary/aromatic N) is 1. The Hall–Kier alpha value is -1.04. The van der Waals surface area contributed by atoms with Gasteiger partial charge in [-0.2, -0.15) is 11.8 Å². The number of nitrogens with two attached hydrogens (primary N) is 1. The lowest BCUT2D eigenvalue weighted by Gasteiger charge is -2.26. The monoisotopic (exact) mass is 265 g/mol. The first-order valence-corrected chi connectivity index (χ1v) is 7.31. The lowest BCUT2D eigenvalue weighted by Crippen LogP contribution is -2.32. The quantitative estimate of drug-likeness (QED) is 0.479. The molecule has 1 amide bonds. The number of hydrogen-bond donors (Lipinski definition) is 2. The van der Waals surface area contributed by atoms with Crippen LogP contribution in [0.2, 0.25) is 0 Å². The molecule has 1 fully saturated rings. The molecule has 18 heavy (non-hydrogen) atoms. The van der Waals surface area contributed by atoms with E-state index in [1.165, 1.54) is 30.2 Å². The van der Waals surface area contributed by atoms with Crippen molar-refractivity contribution in [2.45, 2.75) is 13.0 Å². The van der Waals surface area contributed by atoms with E-state index in [0.29, 0.717) is 6.42 Å². The third-order valence-electron chi connectivity index (χ3n) is 3.06. The summed E-state index contributed by atoms with van der Waals surface area (Å²) in [5.41, 5.74) is 4.44. The van der Waals surface area contributed by atoms with Gasteiger partial charge in [0.05, 0.1) is 6.42 Å². The van der Waals surface area contributed by atoms with Gasteiger partial charge in [0.15, 0.2) is 0 Å². The first-order valence-electron chi connectivity index (χ1n) is 6.15. The van der Waals surface area contributed by atoms with Gasteiger partial charge in [-0.15, -0.1) is 0 Å². The van der Waals surface area contributed by atoms with Gasteiger partial charge in [-0.25, -0.2) is 5.84 Å². The molecule has 0 atom stereocenters. The van der Waals surface area contributed by atoms with Crippen molar-refractivity contribution >= 4 is 17.7 Å². The van der Waals surface area contributed by atoms with E-state index in [0.717, 1.165) is 12.1 Å². The zero-order chi connectivity index (χ0) is 12.8. The Morgan fingerprint density at radius 3 is 2.44 bits per heavy atom. The molecule has 1 aliphatic heterocycles. The van der Waals surface area contributed by atoms with Crippen LogP contribution in [0.15, 0.2) is 24.3 Å². The summed E-state index contributed by atoms with van der Waals surface area (Å²) in [4.78, 5) is 13.6. The molecule has 0 spiro atoms.